The van der Waals surface area contributed by atoms with Crippen LogP contribution in [0.5, 0.6) is 6.01 Å². The van der Waals surface area contributed by atoms with Crippen LogP contribution in [-0.2, 0) is 10.0 Å². The highest BCUT2D eigenvalue weighted by molar-refractivity contribution is 7.89. The Morgan fingerprint density at radius 3 is 2.42 bits per heavy atom. The summed E-state index contributed by atoms with van der Waals surface area (Å²) in [5, 5.41) is 8.33. The Labute approximate surface area is 151 Å². The van der Waals surface area contributed by atoms with E-state index in [1.165, 1.54) is 24.1 Å². The molecule has 0 amide bonds. The summed E-state index contributed by atoms with van der Waals surface area (Å²) in [5.41, 5.74) is 0. The van der Waals surface area contributed by atoms with E-state index in [1.807, 2.05) is 0 Å². The van der Waals surface area contributed by atoms with Crippen molar-refractivity contribution < 1.29 is 13.2 Å². The molecule has 0 unspecified atom stereocenters. The molecule has 1 aliphatic rings. The van der Waals surface area contributed by atoms with Gasteiger partial charge in [-0.3, -0.25) is 10.3 Å². The Kier molecular flexibility index (Phi) is 4.64. The van der Waals surface area contributed by atoms with Crippen molar-refractivity contribution in [2.75, 3.05) is 44.1 Å². The zero-order valence-electron chi connectivity index (χ0n) is 14.6. The summed E-state index contributed by atoms with van der Waals surface area (Å²) >= 11 is 0. The van der Waals surface area contributed by atoms with Crippen LogP contribution < -0.4 is 14.5 Å². The molecule has 0 atom stereocenters. The fourth-order valence-electron chi connectivity index (χ4n) is 2.43. The van der Waals surface area contributed by atoms with Crippen LogP contribution in [0.3, 0.4) is 0 Å². The van der Waals surface area contributed by atoms with Gasteiger partial charge < -0.3 is 9.64 Å². The van der Waals surface area contributed by atoms with Crippen LogP contribution in [-0.4, -0.2) is 67.9 Å². The largest absolute Gasteiger partial charge is 0.467 e. The molecule has 1 saturated heterocycles. The van der Waals surface area contributed by atoms with Gasteiger partial charge in [0.2, 0.25) is 17.9 Å². The summed E-state index contributed by atoms with van der Waals surface area (Å²) in [6, 6.07) is 8.12. The van der Waals surface area contributed by atoms with E-state index in [9.17, 15) is 8.42 Å². The quantitative estimate of drug-likeness (QED) is 0.796. The van der Waals surface area contributed by atoms with Crippen molar-refractivity contribution in [3.8, 4) is 6.01 Å². The number of hydrogen-bond acceptors (Lipinski definition) is 8. The number of rotatable bonds is 5. The zero-order chi connectivity index (χ0) is 18.9. The number of nitrogens with one attached hydrogen (secondary N) is 1. The average Bonchev–Trinajstić information content (AvgIpc) is 3.04. The lowest BCUT2D eigenvalue weighted by Crippen LogP contribution is -2.37. The van der Waals surface area contributed by atoms with Gasteiger partial charge in [0, 0.05) is 20.6 Å². The van der Waals surface area contributed by atoms with Gasteiger partial charge >= 0.3 is 6.01 Å². The minimum Gasteiger partial charge on any atom is -0.467 e. The van der Waals surface area contributed by atoms with E-state index in [4.69, 9.17) is 10.1 Å². The normalized spacial score (nSPS) is 14.7. The number of anilines is 2. The van der Waals surface area contributed by atoms with E-state index in [0.717, 1.165) is 4.31 Å². The Bertz CT molecular complexity index is 918. The molecule has 10 nitrogen and oxygen atoms in total. The second kappa shape index (κ2) is 6.75. The molecule has 1 fully saturated rings. The monoisotopic (exact) mass is 377 g/mol. The SMILES string of the molecule is COc1nc(N(C)C)nc(N2CCN(S(=O)(=O)c3ccccc3)C2=N)n1. The topological polar surface area (TPSA) is 116 Å². The summed E-state index contributed by atoms with van der Waals surface area (Å²) < 4.78 is 31.7. The Hall–Kier alpha value is -2.95. The Morgan fingerprint density at radius 1 is 1.12 bits per heavy atom. The highest BCUT2D eigenvalue weighted by Crippen LogP contribution is 2.24. The molecule has 11 heteroatoms. The number of benzene rings is 1. The first-order valence-electron chi connectivity index (χ1n) is 7.76. The van der Waals surface area contributed by atoms with E-state index in [0.29, 0.717) is 5.95 Å². The first kappa shape index (κ1) is 17.9. The number of methoxy groups -OCH3 is 1. The van der Waals surface area contributed by atoms with Gasteiger partial charge in [0.25, 0.3) is 10.0 Å². The maximum Gasteiger partial charge on any atom is 0.322 e. The second-order valence-electron chi connectivity index (χ2n) is 5.68. The smallest absolute Gasteiger partial charge is 0.322 e. The van der Waals surface area contributed by atoms with Crippen molar-refractivity contribution in [3.63, 3.8) is 0 Å². The highest BCUT2D eigenvalue weighted by atomic mass is 32.2. The maximum atomic E-state index is 12.8. The molecule has 3 rings (SSSR count). The minimum absolute atomic E-state index is 0.0934. The van der Waals surface area contributed by atoms with Crippen molar-refractivity contribution in [2.45, 2.75) is 4.90 Å². The maximum absolute atomic E-state index is 12.8. The van der Waals surface area contributed by atoms with Gasteiger partial charge in [0.05, 0.1) is 18.6 Å². The molecule has 1 aromatic heterocycles. The third kappa shape index (κ3) is 3.12. The van der Waals surface area contributed by atoms with Crippen LogP contribution in [0.15, 0.2) is 35.2 Å². The second-order valence-corrected chi connectivity index (χ2v) is 7.54. The molecule has 0 saturated carbocycles. The molecule has 26 heavy (non-hydrogen) atoms. The number of sulfonamides is 1. The van der Waals surface area contributed by atoms with E-state index in [1.54, 1.807) is 37.2 Å². The van der Waals surface area contributed by atoms with Crippen molar-refractivity contribution in [1.29, 1.82) is 5.41 Å². The van der Waals surface area contributed by atoms with Crippen LogP contribution in [0.1, 0.15) is 0 Å². The van der Waals surface area contributed by atoms with Gasteiger partial charge in [0.1, 0.15) is 0 Å². The summed E-state index contributed by atoms with van der Waals surface area (Å²) in [6.45, 7) is 0.381. The first-order valence-corrected chi connectivity index (χ1v) is 9.20. The zero-order valence-corrected chi connectivity index (χ0v) is 15.4. The van der Waals surface area contributed by atoms with Gasteiger partial charge in [-0.2, -0.15) is 15.0 Å². The summed E-state index contributed by atoms with van der Waals surface area (Å²) in [6.07, 6.45) is 0. The van der Waals surface area contributed by atoms with E-state index >= 15 is 0 Å². The van der Waals surface area contributed by atoms with Gasteiger partial charge in [-0.15, -0.1) is 0 Å². The Balaban J connectivity index is 1.94. The molecule has 2 aromatic rings. The molecule has 0 radical (unpaired) electrons. The molecule has 2 heterocycles. The molecule has 1 aliphatic heterocycles. The van der Waals surface area contributed by atoms with E-state index in [-0.39, 0.29) is 35.9 Å². The lowest BCUT2D eigenvalue weighted by molar-refractivity contribution is 0.378. The van der Waals surface area contributed by atoms with Crippen LogP contribution in [0, 0.1) is 5.41 Å². The lowest BCUT2D eigenvalue weighted by atomic mass is 10.4. The number of ether oxygens (including phenoxy) is 1. The molecule has 0 bridgehead atoms. The average molecular weight is 377 g/mol. The highest BCUT2D eigenvalue weighted by Gasteiger charge is 2.37. The summed E-state index contributed by atoms with van der Waals surface area (Å²) in [5.74, 6) is 0.298. The third-order valence-electron chi connectivity index (χ3n) is 3.77. The third-order valence-corrected chi connectivity index (χ3v) is 5.57. The number of guanidine groups is 1. The van der Waals surface area contributed by atoms with E-state index in [2.05, 4.69) is 15.0 Å². The fourth-order valence-corrected chi connectivity index (χ4v) is 3.84. The van der Waals surface area contributed by atoms with Crippen molar-refractivity contribution in [1.82, 2.24) is 19.3 Å². The predicted molar refractivity (Wildman–Crippen MR) is 96.1 cm³/mol. The molecule has 0 spiro atoms. The van der Waals surface area contributed by atoms with Crippen LogP contribution in [0.4, 0.5) is 11.9 Å². The lowest BCUT2D eigenvalue weighted by Gasteiger charge is -2.21. The predicted octanol–water partition coefficient (Wildman–Crippen LogP) is 0.392. The van der Waals surface area contributed by atoms with Gasteiger partial charge in [-0.05, 0) is 12.1 Å². The molecule has 1 aromatic carbocycles. The minimum atomic E-state index is -3.82. The summed E-state index contributed by atoms with van der Waals surface area (Å²) in [4.78, 5) is 15.8. The van der Waals surface area contributed by atoms with Crippen LogP contribution in [0.25, 0.3) is 0 Å². The molecule has 1 N–H and O–H groups in total. The fraction of sp³-hybridized carbons (Fsp3) is 0.333. The number of hydrogen-bond donors (Lipinski definition) is 1. The van der Waals surface area contributed by atoms with Crippen LogP contribution in [0.2, 0.25) is 0 Å². The molecular formula is C15H19N7O3S. The van der Waals surface area contributed by atoms with Crippen LogP contribution >= 0.6 is 0 Å². The van der Waals surface area contributed by atoms with Crippen molar-refractivity contribution in [2.24, 2.45) is 0 Å². The first-order chi connectivity index (χ1) is 12.3. The molecule has 138 valence electrons. The molecule has 0 aliphatic carbocycles. The summed E-state index contributed by atoms with van der Waals surface area (Å²) in [7, 11) is 1.14. The van der Waals surface area contributed by atoms with Gasteiger partial charge in [0.15, 0.2) is 0 Å². The number of aromatic nitrogens is 3. The Morgan fingerprint density at radius 2 is 1.81 bits per heavy atom. The van der Waals surface area contributed by atoms with Gasteiger partial charge in [-0.1, -0.05) is 18.2 Å². The standard InChI is InChI=1S/C15H19N7O3S/c1-20(2)13-17-14(19-15(18-13)25-3)21-9-10-22(12(21)16)26(23,24)11-7-5-4-6-8-11/h4-8,16H,9-10H2,1-3H3. The van der Waals surface area contributed by atoms with Gasteiger partial charge in [-0.25, -0.2) is 12.7 Å². The number of nitrogens with zero attached hydrogens (tertiary/aromatic N) is 6. The van der Waals surface area contributed by atoms with Crippen molar-refractivity contribution >= 4 is 27.9 Å². The van der Waals surface area contributed by atoms with Crippen molar-refractivity contribution in [3.05, 3.63) is 30.3 Å². The molecular weight excluding hydrogens is 358 g/mol. The van der Waals surface area contributed by atoms with E-state index < -0.39 is 10.0 Å².